The highest BCUT2D eigenvalue weighted by Crippen LogP contribution is 2.22. The second-order valence-corrected chi connectivity index (χ2v) is 6.86. The Kier molecular flexibility index (Phi) is 6.11. The van der Waals surface area contributed by atoms with Crippen LogP contribution in [-0.4, -0.2) is 54.5 Å². The Hall–Kier alpha value is -3.42. The van der Waals surface area contributed by atoms with Crippen molar-refractivity contribution in [2.45, 2.75) is 13.8 Å². The van der Waals surface area contributed by atoms with Gasteiger partial charge in [0.25, 0.3) is 11.6 Å². The molecule has 152 valence electrons. The maximum Gasteiger partial charge on any atom is 0.338 e. The molecule has 2 aromatic carbocycles. The number of hydrogen-bond acceptors (Lipinski definition) is 6. The van der Waals surface area contributed by atoms with Crippen LogP contribution in [0.15, 0.2) is 42.5 Å². The zero-order chi connectivity index (χ0) is 21.0. The molecule has 0 N–H and O–H groups in total. The molecule has 0 unspecified atom stereocenters. The number of hydrogen-bond donors (Lipinski definition) is 0. The quantitative estimate of drug-likeness (QED) is 0.437. The van der Waals surface area contributed by atoms with Crippen molar-refractivity contribution in [1.29, 1.82) is 0 Å². The molecular formula is C21H23N3O5. The summed E-state index contributed by atoms with van der Waals surface area (Å²) in [4.78, 5) is 39.4. The second-order valence-electron chi connectivity index (χ2n) is 6.86. The predicted molar refractivity (Wildman–Crippen MR) is 108 cm³/mol. The minimum atomic E-state index is -0.686. The van der Waals surface area contributed by atoms with Crippen LogP contribution in [0.1, 0.15) is 33.2 Å². The van der Waals surface area contributed by atoms with Gasteiger partial charge < -0.3 is 14.5 Å². The number of nitrogens with zero attached hydrogens (tertiary/aromatic N) is 3. The van der Waals surface area contributed by atoms with Crippen LogP contribution >= 0.6 is 0 Å². The largest absolute Gasteiger partial charge is 0.462 e. The molecule has 1 aliphatic rings. The molecule has 0 aliphatic carbocycles. The number of amides is 1. The Bertz CT molecular complexity index is 936. The minimum absolute atomic E-state index is 0.00259. The summed E-state index contributed by atoms with van der Waals surface area (Å²) in [5.74, 6) is -1.02. The number of rotatable bonds is 5. The number of esters is 1. The van der Waals surface area contributed by atoms with E-state index in [9.17, 15) is 19.7 Å². The third kappa shape index (κ3) is 4.71. The lowest BCUT2D eigenvalue weighted by Gasteiger charge is -2.36. The summed E-state index contributed by atoms with van der Waals surface area (Å²) < 4.78 is 4.92. The van der Waals surface area contributed by atoms with Gasteiger partial charge in [0.15, 0.2) is 0 Å². The van der Waals surface area contributed by atoms with Gasteiger partial charge in [-0.3, -0.25) is 14.9 Å². The fourth-order valence-electron chi connectivity index (χ4n) is 3.35. The predicted octanol–water partition coefficient (Wildman–Crippen LogP) is 3.04. The molecule has 1 fully saturated rings. The van der Waals surface area contributed by atoms with Gasteiger partial charge in [0.2, 0.25) is 0 Å². The van der Waals surface area contributed by atoms with Crippen LogP contribution in [0, 0.1) is 17.0 Å². The number of non-ortho nitro benzene ring substituents is 1. The monoisotopic (exact) mass is 397 g/mol. The number of benzene rings is 2. The molecular weight excluding hydrogens is 374 g/mol. The first-order valence-electron chi connectivity index (χ1n) is 9.46. The molecule has 1 heterocycles. The molecule has 1 amide bonds. The van der Waals surface area contributed by atoms with Gasteiger partial charge >= 0.3 is 5.97 Å². The lowest BCUT2D eigenvalue weighted by molar-refractivity contribution is -0.384. The normalized spacial score (nSPS) is 13.9. The zero-order valence-corrected chi connectivity index (χ0v) is 16.5. The Labute approximate surface area is 168 Å². The zero-order valence-electron chi connectivity index (χ0n) is 16.5. The van der Waals surface area contributed by atoms with E-state index in [-0.39, 0.29) is 29.3 Å². The molecule has 0 bridgehead atoms. The molecule has 29 heavy (non-hydrogen) atoms. The first-order valence-corrected chi connectivity index (χ1v) is 9.46. The maximum atomic E-state index is 12.9. The molecule has 0 spiro atoms. The van der Waals surface area contributed by atoms with Crippen molar-refractivity contribution < 1.29 is 19.2 Å². The van der Waals surface area contributed by atoms with E-state index < -0.39 is 10.9 Å². The van der Waals surface area contributed by atoms with Gasteiger partial charge in [-0.15, -0.1) is 0 Å². The van der Waals surface area contributed by atoms with Crippen molar-refractivity contribution in [3.8, 4) is 0 Å². The first kappa shape index (κ1) is 20.3. The minimum Gasteiger partial charge on any atom is -0.462 e. The van der Waals surface area contributed by atoms with Crippen LogP contribution in [0.2, 0.25) is 0 Å². The molecule has 0 aromatic heterocycles. The van der Waals surface area contributed by atoms with Crippen molar-refractivity contribution in [1.82, 2.24) is 4.90 Å². The van der Waals surface area contributed by atoms with Crippen molar-refractivity contribution in [2.75, 3.05) is 37.7 Å². The third-order valence-electron chi connectivity index (χ3n) is 4.82. The van der Waals surface area contributed by atoms with Crippen molar-refractivity contribution >= 4 is 23.3 Å². The van der Waals surface area contributed by atoms with E-state index in [0.29, 0.717) is 26.2 Å². The number of nitro benzene ring substituents is 1. The average Bonchev–Trinajstić information content (AvgIpc) is 2.73. The average molecular weight is 397 g/mol. The van der Waals surface area contributed by atoms with Gasteiger partial charge in [0, 0.05) is 49.6 Å². The molecule has 8 heteroatoms. The topological polar surface area (TPSA) is 93.0 Å². The summed E-state index contributed by atoms with van der Waals surface area (Å²) in [7, 11) is 0. The fraction of sp³-hybridized carbons (Fsp3) is 0.333. The summed E-state index contributed by atoms with van der Waals surface area (Å²) in [6.45, 7) is 6.13. The maximum absolute atomic E-state index is 12.9. The molecule has 1 aliphatic heterocycles. The molecule has 0 saturated carbocycles. The Balaban J connectivity index is 1.76. The van der Waals surface area contributed by atoms with Crippen LogP contribution in [0.25, 0.3) is 0 Å². The number of carbonyl (C=O) groups is 2. The smallest absolute Gasteiger partial charge is 0.338 e. The van der Waals surface area contributed by atoms with Crippen LogP contribution in [0.3, 0.4) is 0 Å². The van der Waals surface area contributed by atoms with Gasteiger partial charge in [-0.05, 0) is 37.6 Å². The van der Waals surface area contributed by atoms with E-state index in [2.05, 4.69) is 11.0 Å². The number of carbonyl (C=O) groups excluding carboxylic acids is 2. The Morgan fingerprint density at radius 1 is 1.07 bits per heavy atom. The van der Waals surface area contributed by atoms with E-state index in [1.54, 1.807) is 11.8 Å². The van der Waals surface area contributed by atoms with Gasteiger partial charge in [0.05, 0.1) is 17.1 Å². The Morgan fingerprint density at radius 3 is 2.38 bits per heavy atom. The fourth-order valence-corrected chi connectivity index (χ4v) is 3.35. The lowest BCUT2D eigenvalue weighted by atomic mass is 10.1. The van der Waals surface area contributed by atoms with E-state index >= 15 is 0 Å². The first-order chi connectivity index (χ1) is 13.9. The SMILES string of the molecule is CCOC(=O)c1cc(C(=O)N2CCN(c3cccc(C)c3)CC2)cc([N+](=O)[O-])c1. The third-order valence-corrected chi connectivity index (χ3v) is 4.82. The number of ether oxygens (including phenoxy) is 1. The molecule has 0 radical (unpaired) electrons. The van der Waals surface area contributed by atoms with Crippen molar-refractivity contribution in [2.24, 2.45) is 0 Å². The van der Waals surface area contributed by atoms with Crippen molar-refractivity contribution in [3.63, 3.8) is 0 Å². The molecule has 2 aromatic rings. The molecule has 1 saturated heterocycles. The number of piperazine rings is 1. The summed E-state index contributed by atoms with van der Waals surface area (Å²) in [6.07, 6.45) is 0. The summed E-state index contributed by atoms with van der Waals surface area (Å²) in [5, 5.41) is 11.2. The Morgan fingerprint density at radius 2 is 1.76 bits per heavy atom. The van der Waals surface area contributed by atoms with Gasteiger partial charge in [-0.2, -0.15) is 0 Å². The van der Waals surface area contributed by atoms with Gasteiger partial charge in [0.1, 0.15) is 0 Å². The number of nitro groups is 1. The lowest BCUT2D eigenvalue weighted by Crippen LogP contribution is -2.48. The summed E-state index contributed by atoms with van der Waals surface area (Å²) in [6, 6.07) is 11.9. The van der Waals surface area contributed by atoms with E-state index in [4.69, 9.17) is 4.74 Å². The highest BCUT2D eigenvalue weighted by atomic mass is 16.6. The van der Waals surface area contributed by atoms with Crippen LogP contribution in [0.4, 0.5) is 11.4 Å². The van der Waals surface area contributed by atoms with E-state index in [1.807, 2.05) is 25.1 Å². The summed E-state index contributed by atoms with van der Waals surface area (Å²) in [5.41, 5.74) is 2.09. The number of aryl methyl sites for hydroxylation is 1. The van der Waals surface area contributed by atoms with Crippen molar-refractivity contribution in [3.05, 3.63) is 69.3 Å². The van der Waals surface area contributed by atoms with Crippen LogP contribution in [-0.2, 0) is 4.74 Å². The number of anilines is 1. The highest BCUT2D eigenvalue weighted by Gasteiger charge is 2.25. The van der Waals surface area contributed by atoms with Crippen LogP contribution < -0.4 is 4.90 Å². The van der Waals surface area contributed by atoms with E-state index in [0.717, 1.165) is 11.8 Å². The van der Waals surface area contributed by atoms with Crippen LogP contribution in [0.5, 0.6) is 0 Å². The standard InChI is InChI=1S/C21H23N3O5/c1-3-29-21(26)17-12-16(13-19(14-17)24(27)28)20(25)23-9-7-22(8-10-23)18-6-4-5-15(2)11-18/h4-6,11-14H,3,7-10H2,1-2H3. The molecule has 3 rings (SSSR count). The summed E-state index contributed by atoms with van der Waals surface area (Å²) >= 11 is 0. The molecule has 0 atom stereocenters. The van der Waals surface area contributed by atoms with E-state index in [1.165, 1.54) is 17.7 Å². The van der Waals surface area contributed by atoms with Gasteiger partial charge in [-0.1, -0.05) is 12.1 Å². The second kappa shape index (κ2) is 8.72. The molecule has 8 nitrogen and oxygen atoms in total. The van der Waals surface area contributed by atoms with Gasteiger partial charge in [-0.25, -0.2) is 4.79 Å². The highest BCUT2D eigenvalue weighted by molar-refractivity contribution is 5.99.